The van der Waals surface area contributed by atoms with Crippen LogP contribution < -0.4 is 15.2 Å². The van der Waals surface area contributed by atoms with Crippen molar-refractivity contribution >= 4 is 11.6 Å². The average Bonchev–Trinajstić information content (AvgIpc) is 2.66. The molecule has 0 bridgehead atoms. The molecule has 1 aromatic heterocycles. The molecule has 0 saturated carbocycles. The molecule has 0 atom stereocenters. The van der Waals surface area contributed by atoms with Gasteiger partial charge in [0.1, 0.15) is 5.75 Å². The van der Waals surface area contributed by atoms with Crippen molar-refractivity contribution in [2.45, 2.75) is 32.9 Å². The number of methoxy groups -OCH3 is 1. The maximum absolute atomic E-state index is 12.9. The molecule has 1 fully saturated rings. The second kappa shape index (κ2) is 7.47. The van der Waals surface area contributed by atoms with E-state index >= 15 is 0 Å². The number of ether oxygens (including phenoxy) is 1. The van der Waals surface area contributed by atoms with Crippen molar-refractivity contribution in [1.29, 1.82) is 0 Å². The number of amides is 1. The number of rotatable bonds is 4. The molecule has 2 aromatic rings. The predicted molar refractivity (Wildman–Crippen MR) is 107 cm³/mol. The molecule has 0 unspecified atom stereocenters. The van der Waals surface area contributed by atoms with Crippen molar-refractivity contribution in [3.05, 3.63) is 58.5 Å². The fourth-order valence-corrected chi connectivity index (χ4v) is 3.71. The molecule has 6 heteroatoms. The Bertz CT molecular complexity index is 888. The number of aryl methyl sites for hydroxylation is 1. The molecule has 0 aliphatic carbocycles. The number of benzene rings is 1. The molecule has 144 valence electrons. The van der Waals surface area contributed by atoms with Gasteiger partial charge in [-0.3, -0.25) is 9.59 Å². The zero-order chi connectivity index (χ0) is 19.6. The zero-order valence-electron chi connectivity index (χ0n) is 16.4. The summed E-state index contributed by atoms with van der Waals surface area (Å²) >= 11 is 0. The van der Waals surface area contributed by atoms with Gasteiger partial charge in [0.05, 0.1) is 18.3 Å². The van der Waals surface area contributed by atoms with E-state index in [1.165, 1.54) is 6.07 Å². The summed E-state index contributed by atoms with van der Waals surface area (Å²) in [4.78, 5) is 29.1. The molecule has 0 radical (unpaired) electrons. The summed E-state index contributed by atoms with van der Waals surface area (Å²) in [5.74, 6) is 0.733. The van der Waals surface area contributed by atoms with Crippen LogP contribution in [0.1, 0.15) is 31.1 Å². The molecule has 0 N–H and O–H groups in total. The number of piperazine rings is 1. The molecule has 1 aliphatic heterocycles. The van der Waals surface area contributed by atoms with Crippen LogP contribution in [-0.2, 0) is 6.54 Å². The number of aromatic nitrogens is 1. The van der Waals surface area contributed by atoms with Gasteiger partial charge < -0.3 is 19.1 Å². The first-order valence-electron chi connectivity index (χ1n) is 9.28. The highest BCUT2D eigenvalue weighted by atomic mass is 16.5. The van der Waals surface area contributed by atoms with Gasteiger partial charge in [-0.25, -0.2) is 0 Å². The molecule has 1 saturated heterocycles. The first-order valence-corrected chi connectivity index (χ1v) is 9.28. The Morgan fingerprint density at radius 1 is 1.19 bits per heavy atom. The third kappa shape index (κ3) is 3.70. The Kier molecular flexibility index (Phi) is 5.26. The Morgan fingerprint density at radius 3 is 2.56 bits per heavy atom. The smallest absolute Gasteiger partial charge is 0.254 e. The van der Waals surface area contributed by atoms with E-state index in [0.29, 0.717) is 31.7 Å². The maximum Gasteiger partial charge on any atom is 0.254 e. The van der Waals surface area contributed by atoms with E-state index in [-0.39, 0.29) is 17.0 Å². The minimum Gasteiger partial charge on any atom is -0.495 e. The van der Waals surface area contributed by atoms with Gasteiger partial charge in [0.2, 0.25) is 0 Å². The van der Waals surface area contributed by atoms with Gasteiger partial charge >= 0.3 is 0 Å². The summed E-state index contributed by atoms with van der Waals surface area (Å²) in [6, 6.07) is 11.1. The molecule has 1 amide bonds. The SMILES string of the molecule is CCn1ccc(C(=O)N2CCN(c3ccccc3OC)C(C)(C)C2)cc1=O. The molecule has 0 spiro atoms. The van der Waals surface area contributed by atoms with Gasteiger partial charge in [0.25, 0.3) is 11.5 Å². The fourth-order valence-electron chi connectivity index (χ4n) is 3.71. The average molecular weight is 369 g/mol. The highest BCUT2D eigenvalue weighted by molar-refractivity contribution is 5.94. The third-order valence-electron chi connectivity index (χ3n) is 5.15. The van der Waals surface area contributed by atoms with Crippen LogP contribution in [0.2, 0.25) is 0 Å². The van der Waals surface area contributed by atoms with Crippen LogP contribution in [0.3, 0.4) is 0 Å². The maximum atomic E-state index is 12.9. The summed E-state index contributed by atoms with van der Waals surface area (Å²) in [7, 11) is 1.67. The Balaban J connectivity index is 1.82. The lowest BCUT2D eigenvalue weighted by molar-refractivity contribution is 0.0685. The normalized spacial score (nSPS) is 16.3. The van der Waals surface area contributed by atoms with E-state index < -0.39 is 0 Å². The van der Waals surface area contributed by atoms with E-state index in [1.54, 1.807) is 23.9 Å². The van der Waals surface area contributed by atoms with Crippen LogP contribution in [0.15, 0.2) is 47.4 Å². The molecular formula is C21H27N3O3. The van der Waals surface area contributed by atoms with Crippen molar-refractivity contribution in [3.63, 3.8) is 0 Å². The van der Waals surface area contributed by atoms with Crippen LogP contribution in [0.25, 0.3) is 0 Å². The first-order chi connectivity index (χ1) is 12.9. The molecule has 6 nitrogen and oxygen atoms in total. The predicted octanol–water partition coefficient (Wildman–Crippen LogP) is 2.62. The second-order valence-corrected chi connectivity index (χ2v) is 7.40. The topological polar surface area (TPSA) is 54.8 Å². The lowest BCUT2D eigenvalue weighted by Crippen LogP contribution is -2.60. The summed E-state index contributed by atoms with van der Waals surface area (Å²) in [5, 5.41) is 0. The van der Waals surface area contributed by atoms with Crippen LogP contribution in [0.4, 0.5) is 5.69 Å². The van der Waals surface area contributed by atoms with Crippen molar-refractivity contribution in [2.75, 3.05) is 31.6 Å². The van der Waals surface area contributed by atoms with Gasteiger partial charge in [-0.1, -0.05) is 12.1 Å². The van der Waals surface area contributed by atoms with Gasteiger partial charge in [-0.2, -0.15) is 0 Å². The van der Waals surface area contributed by atoms with E-state index in [9.17, 15) is 9.59 Å². The molecule has 3 rings (SSSR count). The van der Waals surface area contributed by atoms with Crippen molar-refractivity contribution in [3.8, 4) is 5.75 Å². The Morgan fingerprint density at radius 2 is 1.93 bits per heavy atom. The van der Waals surface area contributed by atoms with E-state index in [2.05, 4.69) is 18.7 Å². The summed E-state index contributed by atoms with van der Waals surface area (Å²) in [6.45, 7) is 8.60. The van der Waals surface area contributed by atoms with Crippen LogP contribution in [-0.4, -0.2) is 47.7 Å². The monoisotopic (exact) mass is 369 g/mol. The van der Waals surface area contributed by atoms with E-state index in [0.717, 1.165) is 11.4 Å². The fraction of sp³-hybridized carbons (Fsp3) is 0.429. The van der Waals surface area contributed by atoms with E-state index in [1.807, 2.05) is 36.1 Å². The highest BCUT2D eigenvalue weighted by Crippen LogP contribution is 2.35. The number of hydrogen-bond acceptors (Lipinski definition) is 4. The van der Waals surface area contributed by atoms with Gasteiger partial charge in [0.15, 0.2) is 0 Å². The standard InChI is InChI=1S/C21H27N3O3/c1-5-22-11-10-16(14-19(22)25)20(26)23-12-13-24(21(2,3)15-23)17-8-6-7-9-18(17)27-4/h6-11,14H,5,12-13,15H2,1-4H3. The summed E-state index contributed by atoms with van der Waals surface area (Å²) < 4.78 is 7.09. The number of carbonyl (C=O) groups is 1. The first kappa shape index (κ1) is 19.0. The van der Waals surface area contributed by atoms with Crippen LogP contribution in [0.5, 0.6) is 5.75 Å². The Labute approximate surface area is 160 Å². The molecule has 1 aromatic carbocycles. The van der Waals surface area contributed by atoms with Crippen molar-refractivity contribution < 1.29 is 9.53 Å². The Hall–Kier alpha value is -2.76. The van der Waals surface area contributed by atoms with Crippen LogP contribution in [0, 0.1) is 0 Å². The van der Waals surface area contributed by atoms with Gasteiger partial charge in [-0.15, -0.1) is 0 Å². The van der Waals surface area contributed by atoms with E-state index in [4.69, 9.17) is 4.74 Å². The quantitative estimate of drug-likeness (QED) is 0.831. The zero-order valence-corrected chi connectivity index (χ0v) is 16.4. The van der Waals surface area contributed by atoms with Gasteiger partial charge in [0, 0.05) is 44.0 Å². The molecule has 27 heavy (non-hydrogen) atoms. The van der Waals surface area contributed by atoms with Crippen molar-refractivity contribution in [1.82, 2.24) is 9.47 Å². The number of nitrogens with zero attached hydrogens (tertiary/aromatic N) is 3. The number of anilines is 1. The largest absolute Gasteiger partial charge is 0.495 e. The number of hydrogen-bond donors (Lipinski definition) is 0. The highest BCUT2D eigenvalue weighted by Gasteiger charge is 2.37. The summed E-state index contributed by atoms with van der Waals surface area (Å²) in [5.41, 5.74) is 1.07. The molecule has 2 heterocycles. The minimum absolute atomic E-state index is 0.0943. The third-order valence-corrected chi connectivity index (χ3v) is 5.15. The number of carbonyl (C=O) groups excluding carboxylic acids is 1. The second-order valence-electron chi connectivity index (χ2n) is 7.40. The van der Waals surface area contributed by atoms with Crippen LogP contribution >= 0.6 is 0 Å². The molecular weight excluding hydrogens is 342 g/mol. The summed E-state index contributed by atoms with van der Waals surface area (Å²) in [6.07, 6.45) is 1.69. The number of pyridine rings is 1. The minimum atomic E-state index is -0.263. The van der Waals surface area contributed by atoms with Crippen molar-refractivity contribution in [2.24, 2.45) is 0 Å². The number of para-hydroxylation sites is 2. The lowest BCUT2D eigenvalue weighted by Gasteiger charge is -2.48. The van der Waals surface area contributed by atoms with Gasteiger partial charge in [-0.05, 0) is 39.0 Å². The molecule has 1 aliphatic rings. The lowest BCUT2D eigenvalue weighted by atomic mass is 9.96.